The molecule has 2 aliphatic rings. The molecule has 0 bridgehead atoms. The van der Waals surface area contributed by atoms with Crippen molar-refractivity contribution >= 4 is 40.3 Å². The number of fused-ring (bicyclic) bond motifs is 3. The molecule has 2 unspecified atom stereocenters. The molecule has 2 atom stereocenters. The first-order chi connectivity index (χ1) is 15.3. The Morgan fingerprint density at radius 2 is 1.97 bits per heavy atom. The first-order valence-electron chi connectivity index (χ1n) is 10.8. The van der Waals surface area contributed by atoms with Crippen molar-refractivity contribution in [2.75, 3.05) is 13.2 Å². The maximum absolute atomic E-state index is 13.1. The number of nitrogens with one attached hydrogen (secondary N) is 2. The highest BCUT2D eigenvalue weighted by molar-refractivity contribution is 14.1. The zero-order valence-corrected chi connectivity index (χ0v) is 20.4. The van der Waals surface area contributed by atoms with Crippen LogP contribution in [0.5, 0.6) is 5.75 Å². The van der Waals surface area contributed by atoms with E-state index in [1.54, 1.807) is 4.90 Å². The third-order valence-corrected chi connectivity index (χ3v) is 6.62. The Morgan fingerprint density at radius 3 is 2.66 bits per heavy atom. The molecule has 32 heavy (non-hydrogen) atoms. The minimum absolute atomic E-state index is 0.0219. The topological polar surface area (TPSA) is 87.7 Å². The molecule has 0 saturated carbocycles. The summed E-state index contributed by atoms with van der Waals surface area (Å²) in [4.78, 5) is 39.2. The molecule has 8 heteroatoms. The van der Waals surface area contributed by atoms with Gasteiger partial charge in [-0.25, -0.2) is 0 Å². The second kappa shape index (κ2) is 9.09. The van der Waals surface area contributed by atoms with Crippen LogP contribution in [0, 0.1) is 9.49 Å². The van der Waals surface area contributed by atoms with E-state index in [4.69, 9.17) is 4.74 Å². The number of carbonyl (C=O) groups is 3. The first kappa shape index (κ1) is 22.6. The standard InChI is InChI=1S/C24H26IN3O4/c1-4-10-26-19(29)12-32-18-9-8-14(11-17(18)25)15-6-5-7-16-20(15)22-27-23(30)21(13(2)3)28(22)24(16)31/h5-9,11,13,21-22H,4,10,12H2,1-3H3,(H,26,29)(H,27,30). The Bertz CT molecular complexity index is 1080. The molecule has 0 spiro atoms. The van der Waals surface area contributed by atoms with E-state index in [1.165, 1.54) is 0 Å². The molecule has 2 aromatic carbocycles. The molecule has 2 N–H and O–H groups in total. The van der Waals surface area contributed by atoms with Gasteiger partial charge < -0.3 is 20.3 Å². The maximum Gasteiger partial charge on any atom is 0.257 e. The number of rotatable bonds is 7. The Labute approximate surface area is 201 Å². The van der Waals surface area contributed by atoms with Crippen LogP contribution in [0.2, 0.25) is 0 Å². The molecule has 3 amide bonds. The van der Waals surface area contributed by atoms with Crippen LogP contribution in [-0.2, 0) is 9.59 Å². The van der Waals surface area contributed by atoms with Crippen LogP contribution in [0.1, 0.15) is 49.3 Å². The van der Waals surface area contributed by atoms with Gasteiger partial charge in [0, 0.05) is 17.7 Å². The molecule has 2 heterocycles. The summed E-state index contributed by atoms with van der Waals surface area (Å²) in [5.74, 6) is 0.270. The zero-order chi connectivity index (χ0) is 23.0. The van der Waals surface area contributed by atoms with Crippen molar-refractivity contribution in [3.63, 3.8) is 0 Å². The van der Waals surface area contributed by atoms with Gasteiger partial charge in [-0.15, -0.1) is 0 Å². The molecule has 168 valence electrons. The number of carbonyl (C=O) groups excluding carboxylic acids is 3. The summed E-state index contributed by atoms with van der Waals surface area (Å²) in [7, 11) is 0. The van der Waals surface area contributed by atoms with Gasteiger partial charge in [-0.3, -0.25) is 14.4 Å². The van der Waals surface area contributed by atoms with Gasteiger partial charge in [0.15, 0.2) is 6.61 Å². The summed E-state index contributed by atoms with van der Waals surface area (Å²) in [5.41, 5.74) is 3.28. The van der Waals surface area contributed by atoms with E-state index in [0.717, 1.165) is 26.7 Å². The van der Waals surface area contributed by atoms with Crippen LogP contribution >= 0.6 is 22.6 Å². The van der Waals surface area contributed by atoms with Gasteiger partial charge in [-0.05, 0) is 64.3 Å². The highest BCUT2D eigenvalue weighted by atomic mass is 127. The lowest BCUT2D eigenvalue weighted by molar-refractivity contribution is -0.123. The molecular weight excluding hydrogens is 521 g/mol. The van der Waals surface area contributed by atoms with Gasteiger partial charge >= 0.3 is 0 Å². The Kier molecular flexibility index (Phi) is 6.41. The molecule has 0 radical (unpaired) electrons. The van der Waals surface area contributed by atoms with Crippen molar-refractivity contribution in [2.24, 2.45) is 5.92 Å². The van der Waals surface area contributed by atoms with Crippen molar-refractivity contribution in [3.8, 4) is 16.9 Å². The summed E-state index contributed by atoms with van der Waals surface area (Å²) < 4.78 is 6.54. The minimum atomic E-state index is -0.470. The van der Waals surface area contributed by atoms with Gasteiger partial charge in [0.2, 0.25) is 5.91 Å². The normalized spacial score (nSPS) is 19.1. The molecule has 2 aliphatic heterocycles. The summed E-state index contributed by atoms with van der Waals surface area (Å²) >= 11 is 2.18. The summed E-state index contributed by atoms with van der Waals surface area (Å²) in [6.45, 7) is 6.49. The fraction of sp³-hybridized carbons (Fsp3) is 0.375. The zero-order valence-electron chi connectivity index (χ0n) is 18.3. The quantitative estimate of drug-likeness (QED) is 0.520. The molecule has 2 aromatic rings. The lowest BCUT2D eigenvalue weighted by Gasteiger charge is -2.24. The van der Waals surface area contributed by atoms with Gasteiger partial charge in [0.05, 0.1) is 3.57 Å². The smallest absolute Gasteiger partial charge is 0.257 e. The van der Waals surface area contributed by atoms with Gasteiger partial charge in [-0.1, -0.05) is 39.0 Å². The number of benzene rings is 2. The molecule has 1 fully saturated rings. The van der Waals surface area contributed by atoms with Crippen LogP contribution in [0.3, 0.4) is 0 Å². The number of ether oxygens (including phenoxy) is 1. The maximum atomic E-state index is 13.1. The third-order valence-electron chi connectivity index (χ3n) is 5.78. The monoisotopic (exact) mass is 547 g/mol. The average molecular weight is 547 g/mol. The molecule has 7 nitrogen and oxygen atoms in total. The summed E-state index contributed by atoms with van der Waals surface area (Å²) in [5, 5.41) is 5.81. The molecule has 4 rings (SSSR count). The van der Waals surface area contributed by atoms with E-state index in [0.29, 0.717) is 17.9 Å². The fourth-order valence-corrected chi connectivity index (χ4v) is 5.01. The Balaban J connectivity index is 1.62. The largest absolute Gasteiger partial charge is 0.483 e. The lowest BCUT2D eigenvalue weighted by atomic mass is 9.95. The first-order valence-corrected chi connectivity index (χ1v) is 11.9. The summed E-state index contributed by atoms with van der Waals surface area (Å²) in [6, 6.07) is 10.9. The van der Waals surface area contributed by atoms with Crippen LogP contribution in [-0.4, -0.2) is 41.8 Å². The summed E-state index contributed by atoms with van der Waals surface area (Å²) in [6.07, 6.45) is 0.419. The van der Waals surface area contributed by atoms with Crippen molar-refractivity contribution in [1.82, 2.24) is 15.5 Å². The molecule has 1 saturated heterocycles. The van der Waals surface area contributed by atoms with Gasteiger partial charge in [0.25, 0.3) is 11.8 Å². The number of hydrogen-bond acceptors (Lipinski definition) is 4. The predicted molar refractivity (Wildman–Crippen MR) is 129 cm³/mol. The van der Waals surface area contributed by atoms with Crippen LogP contribution < -0.4 is 15.4 Å². The lowest BCUT2D eigenvalue weighted by Crippen LogP contribution is -2.39. The van der Waals surface area contributed by atoms with E-state index < -0.39 is 12.2 Å². The minimum Gasteiger partial charge on any atom is -0.483 e. The predicted octanol–water partition coefficient (Wildman–Crippen LogP) is 3.47. The second-order valence-electron chi connectivity index (χ2n) is 8.36. The number of halogens is 1. The number of hydrogen-bond donors (Lipinski definition) is 2. The van der Waals surface area contributed by atoms with Gasteiger partial charge in [0.1, 0.15) is 18.0 Å². The van der Waals surface area contributed by atoms with Gasteiger partial charge in [-0.2, -0.15) is 0 Å². The van der Waals surface area contributed by atoms with Crippen molar-refractivity contribution in [2.45, 2.75) is 39.4 Å². The van der Waals surface area contributed by atoms with E-state index >= 15 is 0 Å². The van der Waals surface area contributed by atoms with Crippen molar-refractivity contribution in [3.05, 3.63) is 51.1 Å². The molecular formula is C24H26IN3O4. The number of nitrogens with zero attached hydrogens (tertiary/aromatic N) is 1. The number of amides is 3. The highest BCUT2D eigenvalue weighted by Crippen LogP contribution is 2.44. The van der Waals surface area contributed by atoms with E-state index in [-0.39, 0.29) is 30.2 Å². The molecule has 0 aliphatic carbocycles. The SMILES string of the molecule is CCCNC(=O)COc1ccc(-c2cccc3c2C2NC(=O)C(C(C)C)N2C3=O)cc1I. The van der Waals surface area contributed by atoms with Crippen LogP contribution in [0.25, 0.3) is 11.1 Å². The van der Waals surface area contributed by atoms with Crippen LogP contribution in [0.15, 0.2) is 36.4 Å². The molecule has 0 aromatic heterocycles. The van der Waals surface area contributed by atoms with E-state index in [1.807, 2.05) is 57.2 Å². The highest BCUT2D eigenvalue weighted by Gasteiger charge is 2.51. The van der Waals surface area contributed by atoms with Crippen molar-refractivity contribution < 1.29 is 19.1 Å². The fourth-order valence-electron chi connectivity index (χ4n) is 4.34. The van der Waals surface area contributed by atoms with E-state index in [9.17, 15) is 14.4 Å². The second-order valence-corrected chi connectivity index (χ2v) is 9.53. The third kappa shape index (κ3) is 3.96. The average Bonchev–Trinajstić information content (AvgIpc) is 3.24. The van der Waals surface area contributed by atoms with Crippen molar-refractivity contribution in [1.29, 1.82) is 0 Å². The van der Waals surface area contributed by atoms with E-state index in [2.05, 4.69) is 33.2 Å². The Hall–Kier alpha value is -2.62. The Morgan fingerprint density at radius 1 is 1.22 bits per heavy atom. The van der Waals surface area contributed by atoms with Crippen LogP contribution in [0.4, 0.5) is 0 Å².